The van der Waals surface area contributed by atoms with Crippen LogP contribution in [0.3, 0.4) is 0 Å². The Kier molecular flexibility index (Phi) is 3.21. The van der Waals surface area contributed by atoms with Gasteiger partial charge in [-0.1, -0.05) is 18.2 Å². The summed E-state index contributed by atoms with van der Waals surface area (Å²) in [5, 5.41) is 1.18. The van der Waals surface area contributed by atoms with Gasteiger partial charge in [-0.15, -0.1) is 12.4 Å². The highest BCUT2D eigenvalue weighted by atomic mass is 35.5. The van der Waals surface area contributed by atoms with E-state index in [2.05, 4.69) is 28.2 Å². The van der Waals surface area contributed by atoms with Crippen molar-refractivity contribution in [3.8, 4) is 5.82 Å². The van der Waals surface area contributed by atoms with Crippen LogP contribution < -0.4 is 5.73 Å². The van der Waals surface area contributed by atoms with Crippen LogP contribution in [0.25, 0.3) is 16.7 Å². The molecule has 0 saturated carbocycles. The number of hydrogen-bond donors (Lipinski definition) is 1. The van der Waals surface area contributed by atoms with E-state index in [0.29, 0.717) is 5.95 Å². The fourth-order valence-corrected chi connectivity index (χ4v) is 1.98. The molecule has 2 heterocycles. The minimum Gasteiger partial charge on any atom is -0.368 e. The fraction of sp³-hybridized carbons (Fsp3) is 0.0769. The average molecular weight is 261 g/mol. The minimum atomic E-state index is 0. The van der Waals surface area contributed by atoms with Crippen LogP contribution in [0.15, 0.2) is 42.6 Å². The average Bonchev–Trinajstić information content (AvgIpc) is 2.71. The van der Waals surface area contributed by atoms with Crippen LogP contribution in [-0.4, -0.2) is 14.5 Å². The molecule has 0 fully saturated rings. The lowest BCUT2D eigenvalue weighted by Crippen LogP contribution is -2.03. The molecule has 0 aliphatic rings. The number of anilines is 1. The molecule has 3 rings (SSSR count). The molecule has 0 radical (unpaired) electrons. The largest absolute Gasteiger partial charge is 0.368 e. The maximum atomic E-state index is 5.67. The smallest absolute Gasteiger partial charge is 0.222 e. The van der Waals surface area contributed by atoms with Gasteiger partial charge in [0.1, 0.15) is 5.82 Å². The molecule has 0 unspecified atom stereocenters. The maximum Gasteiger partial charge on any atom is 0.222 e. The second-order valence-corrected chi connectivity index (χ2v) is 3.97. The molecular weight excluding hydrogens is 248 g/mol. The Morgan fingerprint density at radius 3 is 2.67 bits per heavy atom. The molecule has 4 nitrogen and oxygen atoms in total. The van der Waals surface area contributed by atoms with E-state index in [1.165, 1.54) is 5.39 Å². The Hall–Kier alpha value is -2.07. The first-order chi connectivity index (χ1) is 8.24. The molecule has 5 heteroatoms. The van der Waals surface area contributed by atoms with E-state index in [1.807, 2.05) is 35.9 Å². The Morgan fingerprint density at radius 1 is 1.11 bits per heavy atom. The number of nitrogens with zero attached hydrogens (tertiary/aromatic N) is 3. The molecule has 18 heavy (non-hydrogen) atoms. The summed E-state index contributed by atoms with van der Waals surface area (Å²) < 4.78 is 2.01. The van der Waals surface area contributed by atoms with E-state index in [-0.39, 0.29) is 12.4 Å². The topological polar surface area (TPSA) is 56.7 Å². The number of rotatable bonds is 1. The van der Waals surface area contributed by atoms with Gasteiger partial charge in [-0.25, -0.2) is 4.98 Å². The summed E-state index contributed by atoms with van der Waals surface area (Å²) in [5.74, 6) is 1.11. The van der Waals surface area contributed by atoms with Gasteiger partial charge in [0.2, 0.25) is 5.95 Å². The second-order valence-electron chi connectivity index (χ2n) is 3.97. The summed E-state index contributed by atoms with van der Waals surface area (Å²) >= 11 is 0. The van der Waals surface area contributed by atoms with Crippen molar-refractivity contribution in [1.29, 1.82) is 0 Å². The minimum absolute atomic E-state index is 0. The van der Waals surface area contributed by atoms with E-state index >= 15 is 0 Å². The first-order valence-corrected chi connectivity index (χ1v) is 5.42. The van der Waals surface area contributed by atoms with Crippen molar-refractivity contribution in [2.75, 3.05) is 5.73 Å². The number of aryl methyl sites for hydroxylation is 1. The summed E-state index contributed by atoms with van der Waals surface area (Å²) in [6.07, 6.45) is 1.99. The maximum absolute atomic E-state index is 5.67. The lowest BCUT2D eigenvalue weighted by molar-refractivity contribution is 1.00. The van der Waals surface area contributed by atoms with Crippen molar-refractivity contribution in [1.82, 2.24) is 14.5 Å². The normalized spacial score (nSPS) is 10.3. The van der Waals surface area contributed by atoms with E-state index in [4.69, 9.17) is 5.73 Å². The van der Waals surface area contributed by atoms with Crippen LogP contribution in [0.1, 0.15) is 5.69 Å². The third kappa shape index (κ3) is 2.02. The van der Waals surface area contributed by atoms with Crippen LogP contribution in [-0.2, 0) is 0 Å². The lowest BCUT2D eigenvalue weighted by atomic mass is 10.2. The predicted octanol–water partition coefficient (Wildman–Crippen LogP) is 2.73. The molecule has 0 atom stereocenters. The summed E-state index contributed by atoms with van der Waals surface area (Å²) in [5.41, 5.74) is 7.66. The highest BCUT2D eigenvalue weighted by molar-refractivity contribution is 5.85. The number of halogens is 1. The number of fused-ring (bicyclic) bond motifs is 1. The van der Waals surface area contributed by atoms with Gasteiger partial charge in [0.15, 0.2) is 0 Å². The number of nitrogens with two attached hydrogens (primary N) is 1. The summed E-state index contributed by atoms with van der Waals surface area (Å²) in [4.78, 5) is 8.33. The van der Waals surface area contributed by atoms with Crippen LogP contribution >= 0.6 is 12.4 Å². The number of para-hydroxylation sites is 1. The van der Waals surface area contributed by atoms with Crippen molar-refractivity contribution in [3.63, 3.8) is 0 Å². The molecule has 0 spiro atoms. The zero-order chi connectivity index (χ0) is 11.8. The van der Waals surface area contributed by atoms with Gasteiger partial charge in [-0.05, 0) is 24.4 Å². The number of aromatic nitrogens is 3. The molecular formula is C13H13ClN4. The van der Waals surface area contributed by atoms with Gasteiger partial charge in [-0.3, -0.25) is 0 Å². The molecule has 2 aromatic heterocycles. The summed E-state index contributed by atoms with van der Waals surface area (Å²) in [6.45, 7) is 1.91. The second kappa shape index (κ2) is 4.66. The highest BCUT2D eigenvalue weighted by Gasteiger charge is 2.05. The molecule has 0 bridgehead atoms. The number of hydrogen-bond acceptors (Lipinski definition) is 3. The van der Waals surface area contributed by atoms with Gasteiger partial charge < -0.3 is 10.3 Å². The van der Waals surface area contributed by atoms with Crippen LogP contribution in [0.4, 0.5) is 5.95 Å². The SMILES string of the molecule is Cc1cc(-n2ccc3ccccc32)nc(N)n1.Cl. The Balaban J connectivity index is 0.00000120. The fourth-order valence-electron chi connectivity index (χ4n) is 1.98. The monoisotopic (exact) mass is 260 g/mol. The molecule has 0 saturated heterocycles. The van der Waals surface area contributed by atoms with E-state index < -0.39 is 0 Å². The highest BCUT2D eigenvalue weighted by Crippen LogP contribution is 2.19. The van der Waals surface area contributed by atoms with Gasteiger partial charge >= 0.3 is 0 Å². The van der Waals surface area contributed by atoms with E-state index in [0.717, 1.165) is 17.0 Å². The number of nitrogen functional groups attached to an aromatic ring is 1. The predicted molar refractivity (Wildman–Crippen MR) is 75.3 cm³/mol. The first-order valence-electron chi connectivity index (χ1n) is 5.42. The molecule has 3 aromatic rings. The van der Waals surface area contributed by atoms with Crippen molar-refractivity contribution in [2.45, 2.75) is 6.92 Å². The van der Waals surface area contributed by atoms with E-state index in [9.17, 15) is 0 Å². The molecule has 0 amide bonds. The third-order valence-electron chi connectivity index (χ3n) is 2.70. The zero-order valence-electron chi connectivity index (χ0n) is 9.87. The quantitative estimate of drug-likeness (QED) is 0.732. The van der Waals surface area contributed by atoms with Crippen molar-refractivity contribution in [3.05, 3.63) is 48.3 Å². The molecule has 92 valence electrons. The third-order valence-corrected chi connectivity index (χ3v) is 2.70. The Labute approximate surface area is 111 Å². The number of benzene rings is 1. The van der Waals surface area contributed by atoms with Crippen LogP contribution in [0, 0.1) is 6.92 Å². The molecule has 0 aliphatic carbocycles. The van der Waals surface area contributed by atoms with Gasteiger partial charge in [0, 0.05) is 18.0 Å². The zero-order valence-corrected chi connectivity index (χ0v) is 10.7. The van der Waals surface area contributed by atoms with Gasteiger partial charge in [0.05, 0.1) is 5.52 Å². The molecule has 0 aliphatic heterocycles. The molecule has 1 aromatic carbocycles. The lowest BCUT2D eigenvalue weighted by Gasteiger charge is -2.05. The van der Waals surface area contributed by atoms with Crippen LogP contribution in [0.2, 0.25) is 0 Å². The Morgan fingerprint density at radius 2 is 1.89 bits per heavy atom. The standard InChI is InChI=1S/C13H12N4.ClH/c1-9-8-12(16-13(14)15-9)17-7-6-10-4-2-3-5-11(10)17;/h2-8H,1H3,(H2,14,15,16);1H. The van der Waals surface area contributed by atoms with Crippen LogP contribution in [0.5, 0.6) is 0 Å². The summed E-state index contributed by atoms with van der Waals surface area (Å²) in [7, 11) is 0. The summed E-state index contributed by atoms with van der Waals surface area (Å²) in [6, 6.07) is 12.1. The van der Waals surface area contributed by atoms with Gasteiger partial charge in [-0.2, -0.15) is 4.98 Å². The van der Waals surface area contributed by atoms with Gasteiger partial charge in [0.25, 0.3) is 0 Å². The molecule has 2 N–H and O–H groups in total. The first kappa shape index (κ1) is 12.4. The Bertz CT molecular complexity index is 670. The van der Waals surface area contributed by atoms with Crippen molar-refractivity contribution in [2.24, 2.45) is 0 Å². The van der Waals surface area contributed by atoms with Crippen molar-refractivity contribution >= 4 is 29.3 Å². The van der Waals surface area contributed by atoms with Crippen molar-refractivity contribution < 1.29 is 0 Å². The van der Waals surface area contributed by atoms with E-state index in [1.54, 1.807) is 0 Å².